The first kappa shape index (κ1) is 7.21. The van der Waals surface area contributed by atoms with Crippen molar-refractivity contribution >= 4 is 5.90 Å². The van der Waals surface area contributed by atoms with Gasteiger partial charge in [-0.25, -0.2) is 9.98 Å². The van der Waals surface area contributed by atoms with E-state index in [1.807, 2.05) is 6.92 Å². The van der Waals surface area contributed by atoms with Crippen molar-refractivity contribution in [2.75, 3.05) is 6.54 Å². The van der Waals surface area contributed by atoms with Crippen LogP contribution in [0.5, 0.6) is 0 Å². The summed E-state index contributed by atoms with van der Waals surface area (Å²) in [7, 11) is 0. The van der Waals surface area contributed by atoms with Gasteiger partial charge in [-0.2, -0.15) is 0 Å². The fraction of sp³-hybridized carbons (Fsp3) is 0.375. The first-order chi connectivity index (χ1) is 5.86. The molecule has 0 aliphatic carbocycles. The van der Waals surface area contributed by atoms with Crippen LogP contribution in [0.3, 0.4) is 0 Å². The molecule has 1 aliphatic rings. The maximum atomic E-state index is 5.39. The second kappa shape index (κ2) is 2.89. The lowest BCUT2D eigenvalue weighted by atomic mass is 10.4. The number of rotatable bonds is 1. The smallest absolute Gasteiger partial charge is 0.237 e. The van der Waals surface area contributed by atoms with Crippen molar-refractivity contribution in [3.8, 4) is 0 Å². The lowest BCUT2D eigenvalue weighted by Crippen LogP contribution is -2.09. The van der Waals surface area contributed by atoms with Gasteiger partial charge < -0.3 is 4.74 Å². The van der Waals surface area contributed by atoms with Crippen LogP contribution >= 0.6 is 0 Å². The van der Waals surface area contributed by atoms with E-state index in [0.717, 1.165) is 0 Å². The number of hydrogen-bond donors (Lipinski definition) is 0. The van der Waals surface area contributed by atoms with E-state index in [1.165, 1.54) is 0 Å². The van der Waals surface area contributed by atoms with Crippen molar-refractivity contribution < 1.29 is 4.74 Å². The van der Waals surface area contributed by atoms with E-state index < -0.39 is 0 Å². The molecule has 2 rings (SSSR count). The van der Waals surface area contributed by atoms with Gasteiger partial charge >= 0.3 is 0 Å². The zero-order chi connectivity index (χ0) is 8.39. The van der Waals surface area contributed by atoms with Gasteiger partial charge in [0.25, 0.3) is 0 Å². The van der Waals surface area contributed by atoms with Crippen LogP contribution < -0.4 is 0 Å². The van der Waals surface area contributed by atoms with Gasteiger partial charge in [0, 0.05) is 12.4 Å². The molecule has 0 radical (unpaired) electrons. The summed E-state index contributed by atoms with van der Waals surface area (Å²) >= 11 is 0. The van der Waals surface area contributed by atoms with Gasteiger partial charge in [-0.3, -0.25) is 4.98 Å². The van der Waals surface area contributed by atoms with Gasteiger partial charge in [-0.15, -0.1) is 0 Å². The Morgan fingerprint density at radius 3 is 3.00 bits per heavy atom. The molecule has 0 N–H and O–H groups in total. The molecule has 0 saturated heterocycles. The summed E-state index contributed by atoms with van der Waals surface area (Å²) in [6, 6.07) is 0. The third-order valence-corrected chi connectivity index (χ3v) is 1.59. The lowest BCUT2D eigenvalue weighted by Gasteiger charge is -2.03. The van der Waals surface area contributed by atoms with Crippen LogP contribution in [0.1, 0.15) is 12.6 Å². The Bertz CT molecular complexity index is 296. The van der Waals surface area contributed by atoms with Crippen LogP contribution in [0.2, 0.25) is 0 Å². The van der Waals surface area contributed by atoms with Gasteiger partial charge in [0.1, 0.15) is 11.8 Å². The van der Waals surface area contributed by atoms with Crippen molar-refractivity contribution in [3.63, 3.8) is 0 Å². The molecule has 4 heteroatoms. The zero-order valence-corrected chi connectivity index (χ0v) is 6.77. The summed E-state index contributed by atoms with van der Waals surface area (Å²) < 4.78 is 5.39. The molecule has 4 nitrogen and oxygen atoms in total. The number of aliphatic imine (C=N–C) groups is 1. The Kier molecular flexibility index (Phi) is 1.74. The molecule has 0 aromatic carbocycles. The minimum absolute atomic E-state index is 0.169. The predicted molar refractivity (Wildman–Crippen MR) is 44.0 cm³/mol. The number of aromatic nitrogens is 2. The molecule has 1 aromatic heterocycles. The van der Waals surface area contributed by atoms with Crippen molar-refractivity contribution in [3.05, 3.63) is 24.3 Å². The summed E-state index contributed by atoms with van der Waals surface area (Å²) in [5.41, 5.74) is 0.710. The topological polar surface area (TPSA) is 47.4 Å². The summed E-state index contributed by atoms with van der Waals surface area (Å²) in [4.78, 5) is 12.2. The molecule has 1 aliphatic heterocycles. The number of hydrogen-bond acceptors (Lipinski definition) is 4. The fourth-order valence-corrected chi connectivity index (χ4v) is 1.03. The summed E-state index contributed by atoms with van der Waals surface area (Å²) in [5.74, 6) is 0.607. The van der Waals surface area contributed by atoms with Crippen molar-refractivity contribution in [2.45, 2.75) is 13.0 Å². The molecule has 2 heterocycles. The molecule has 0 unspecified atom stereocenters. The second-order valence-electron chi connectivity index (χ2n) is 2.66. The van der Waals surface area contributed by atoms with Crippen LogP contribution in [-0.4, -0.2) is 28.5 Å². The molecule has 1 aromatic rings. The van der Waals surface area contributed by atoms with Gasteiger partial charge in [0.2, 0.25) is 5.90 Å². The SMILES string of the molecule is C[C@H]1CN=C(c2cnccn2)O1. The first-order valence-electron chi connectivity index (χ1n) is 3.84. The van der Waals surface area contributed by atoms with Crippen LogP contribution in [0.25, 0.3) is 0 Å². The molecule has 0 saturated carbocycles. The highest BCUT2D eigenvalue weighted by Crippen LogP contribution is 2.08. The highest BCUT2D eigenvalue weighted by molar-refractivity contribution is 5.92. The molecule has 12 heavy (non-hydrogen) atoms. The Morgan fingerprint density at radius 2 is 2.42 bits per heavy atom. The third kappa shape index (κ3) is 1.28. The van der Waals surface area contributed by atoms with Crippen molar-refractivity contribution in [1.82, 2.24) is 9.97 Å². The molecule has 1 atom stereocenters. The van der Waals surface area contributed by atoms with Crippen LogP contribution in [0, 0.1) is 0 Å². The maximum absolute atomic E-state index is 5.39. The molecular formula is C8H9N3O. The Balaban J connectivity index is 2.22. The van der Waals surface area contributed by atoms with E-state index in [1.54, 1.807) is 18.6 Å². The normalized spacial score (nSPS) is 21.8. The van der Waals surface area contributed by atoms with Crippen molar-refractivity contribution in [1.29, 1.82) is 0 Å². The predicted octanol–water partition coefficient (Wildman–Crippen LogP) is 0.642. The van der Waals surface area contributed by atoms with Crippen LogP contribution in [-0.2, 0) is 4.74 Å². The summed E-state index contributed by atoms with van der Waals surface area (Å²) in [6.07, 6.45) is 5.07. The highest BCUT2D eigenvalue weighted by Gasteiger charge is 2.17. The quantitative estimate of drug-likeness (QED) is 0.610. The van der Waals surface area contributed by atoms with Gasteiger partial charge in [0.05, 0.1) is 12.7 Å². The monoisotopic (exact) mass is 163 g/mol. The van der Waals surface area contributed by atoms with Crippen LogP contribution in [0.4, 0.5) is 0 Å². The molecule has 0 amide bonds. The standard InChI is InChI=1S/C8H9N3O/c1-6-4-11-8(12-6)7-5-9-2-3-10-7/h2-3,5-6H,4H2,1H3/t6-/m0/s1. The van der Waals surface area contributed by atoms with Crippen LogP contribution in [0.15, 0.2) is 23.6 Å². The number of nitrogens with zero attached hydrogens (tertiary/aromatic N) is 3. The molecule has 0 spiro atoms. The van der Waals surface area contributed by atoms with Crippen molar-refractivity contribution in [2.24, 2.45) is 4.99 Å². The minimum Gasteiger partial charge on any atom is -0.471 e. The molecule has 0 fully saturated rings. The Morgan fingerprint density at radius 1 is 1.50 bits per heavy atom. The molecule has 62 valence electrons. The number of ether oxygens (including phenoxy) is 1. The first-order valence-corrected chi connectivity index (χ1v) is 3.84. The second-order valence-corrected chi connectivity index (χ2v) is 2.66. The Labute approximate surface area is 70.3 Å². The van der Waals surface area contributed by atoms with E-state index in [4.69, 9.17) is 4.74 Å². The zero-order valence-electron chi connectivity index (χ0n) is 6.77. The average molecular weight is 163 g/mol. The fourth-order valence-electron chi connectivity index (χ4n) is 1.03. The minimum atomic E-state index is 0.169. The van der Waals surface area contributed by atoms with E-state index in [2.05, 4.69) is 15.0 Å². The third-order valence-electron chi connectivity index (χ3n) is 1.59. The summed E-state index contributed by atoms with van der Waals surface area (Å²) in [5, 5.41) is 0. The van der Waals surface area contributed by atoms with E-state index in [9.17, 15) is 0 Å². The van der Waals surface area contributed by atoms with Gasteiger partial charge in [-0.05, 0) is 6.92 Å². The van der Waals surface area contributed by atoms with Gasteiger partial charge in [0.15, 0.2) is 0 Å². The van der Waals surface area contributed by atoms with Gasteiger partial charge in [-0.1, -0.05) is 0 Å². The van der Waals surface area contributed by atoms with E-state index >= 15 is 0 Å². The molecule has 0 bridgehead atoms. The lowest BCUT2D eigenvalue weighted by molar-refractivity contribution is 0.245. The average Bonchev–Trinajstić information content (AvgIpc) is 2.54. The summed E-state index contributed by atoms with van der Waals surface area (Å²) in [6.45, 7) is 2.69. The molecular weight excluding hydrogens is 154 g/mol. The highest BCUT2D eigenvalue weighted by atomic mass is 16.5. The van der Waals surface area contributed by atoms with E-state index in [-0.39, 0.29) is 6.10 Å². The Hall–Kier alpha value is -1.45. The van der Waals surface area contributed by atoms with E-state index in [0.29, 0.717) is 18.1 Å². The maximum Gasteiger partial charge on any atom is 0.237 e. The largest absolute Gasteiger partial charge is 0.471 e.